The molecule has 168 valence electrons. The molecule has 0 N–H and O–H groups in total. The smallest absolute Gasteiger partial charge is 0.265 e. The van der Waals surface area contributed by atoms with E-state index < -0.39 is 0 Å². The van der Waals surface area contributed by atoms with E-state index in [0.29, 0.717) is 30.1 Å². The van der Waals surface area contributed by atoms with Gasteiger partial charge in [0.1, 0.15) is 12.3 Å². The molecule has 0 unspecified atom stereocenters. The second kappa shape index (κ2) is 9.40. The quantitative estimate of drug-likeness (QED) is 0.710. The Bertz CT molecular complexity index is 1000. The summed E-state index contributed by atoms with van der Waals surface area (Å²) in [4.78, 5) is 45.0. The van der Waals surface area contributed by atoms with Crippen molar-refractivity contribution < 1.29 is 19.1 Å². The fourth-order valence-corrected chi connectivity index (χ4v) is 4.00. The zero-order chi connectivity index (χ0) is 22.7. The summed E-state index contributed by atoms with van der Waals surface area (Å²) in [5.41, 5.74) is 2.16. The average molecular weight is 437 g/mol. The third kappa shape index (κ3) is 4.75. The number of anilines is 1. The number of carbonyl (C=O) groups excluding carboxylic acids is 3. The first kappa shape index (κ1) is 21.8. The molecule has 1 saturated heterocycles. The van der Waals surface area contributed by atoms with Crippen LogP contribution in [0.4, 0.5) is 5.69 Å². The van der Waals surface area contributed by atoms with Gasteiger partial charge in [-0.25, -0.2) is 0 Å². The maximum Gasteiger partial charge on any atom is 0.265 e. The van der Waals surface area contributed by atoms with Crippen molar-refractivity contribution in [2.75, 3.05) is 58.3 Å². The Morgan fingerprint density at radius 1 is 1.00 bits per heavy atom. The Labute approximate surface area is 187 Å². The molecule has 1 fully saturated rings. The molecule has 2 aliphatic heterocycles. The Kier molecular flexibility index (Phi) is 6.41. The summed E-state index contributed by atoms with van der Waals surface area (Å²) in [5.74, 6) is -0.0649. The van der Waals surface area contributed by atoms with Gasteiger partial charge >= 0.3 is 0 Å². The molecular formula is C24H28N4O4. The third-order valence-corrected chi connectivity index (χ3v) is 5.82. The fraction of sp³-hybridized carbons (Fsp3) is 0.375. The number of carbonyl (C=O) groups is 3. The molecule has 0 spiro atoms. The van der Waals surface area contributed by atoms with Crippen LogP contribution in [0.5, 0.6) is 5.75 Å². The minimum Gasteiger partial charge on any atom is -0.482 e. The van der Waals surface area contributed by atoms with E-state index in [4.69, 9.17) is 4.74 Å². The van der Waals surface area contributed by atoms with Crippen LogP contribution in [0.15, 0.2) is 48.5 Å². The summed E-state index contributed by atoms with van der Waals surface area (Å²) >= 11 is 0. The number of piperazine rings is 1. The highest BCUT2D eigenvalue weighted by molar-refractivity contribution is 6.04. The molecule has 0 atom stereocenters. The predicted octanol–water partition coefficient (Wildman–Crippen LogP) is 1.46. The van der Waals surface area contributed by atoms with E-state index in [1.807, 2.05) is 18.2 Å². The van der Waals surface area contributed by atoms with Gasteiger partial charge in [0.15, 0.2) is 6.61 Å². The number of hydrogen-bond donors (Lipinski definition) is 0. The molecule has 0 radical (unpaired) electrons. The first-order chi connectivity index (χ1) is 15.4. The lowest BCUT2D eigenvalue weighted by Gasteiger charge is -2.36. The van der Waals surface area contributed by atoms with Crippen LogP contribution in [0.25, 0.3) is 0 Å². The molecule has 32 heavy (non-hydrogen) atoms. The number of hydrogen-bond acceptors (Lipinski definition) is 5. The van der Waals surface area contributed by atoms with Crippen LogP contribution in [0.1, 0.15) is 15.9 Å². The Balaban J connectivity index is 1.41. The predicted molar refractivity (Wildman–Crippen MR) is 121 cm³/mol. The van der Waals surface area contributed by atoms with Crippen molar-refractivity contribution in [2.24, 2.45) is 0 Å². The molecule has 2 aromatic carbocycles. The van der Waals surface area contributed by atoms with Gasteiger partial charge in [0, 0.05) is 52.4 Å². The van der Waals surface area contributed by atoms with Crippen LogP contribution in [-0.2, 0) is 16.1 Å². The van der Waals surface area contributed by atoms with E-state index >= 15 is 0 Å². The lowest BCUT2D eigenvalue weighted by Crippen LogP contribution is -2.52. The summed E-state index contributed by atoms with van der Waals surface area (Å²) in [6.07, 6.45) is 0. The zero-order valence-electron chi connectivity index (χ0n) is 18.5. The highest BCUT2D eigenvalue weighted by Gasteiger charge is 2.31. The maximum absolute atomic E-state index is 13.0. The highest BCUT2D eigenvalue weighted by Crippen LogP contribution is 2.33. The normalized spacial score (nSPS) is 16.4. The molecule has 0 aliphatic carbocycles. The summed E-state index contributed by atoms with van der Waals surface area (Å²) in [7, 11) is 3.34. The van der Waals surface area contributed by atoms with Crippen molar-refractivity contribution in [3.63, 3.8) is 0 Å². The average Bonchev–Trinajstić information content (AvgIpc) is 2.81. The minimum atomic E-state index is -0.289. The number of nitrogens with zero attached hydrogens (tertiary/aromatic N) is 4. The molecule has 0 bridgehead atoms. The molecule has 0 aromatic heterocycles. The number of rotatable bonds is 5. The zero-order valence-corrected chi connectivity index (χ0v) is 18.5. The van der Waals surface area contributed by atoms with Gasteiger partial charge in [0.25, 0.3) is 11.8 Å². The first-order valence-electron chi connectivity index (χ1n) is 10.8. The van der Waals surface area contributed by atoms with E-state index in [1.54, 1.807) is 37.2 Å². The standard InChI is InChI=1S/C24H28N4O4/c1-25(2)24(31)19-8-9-21-20(14-19)28(23(30)17-32-21)16-22(29)27-12-10-26(11-13-27)15-18-6-4-3-5-7-18/h3-9,14H,10-13,15-17H2,1-2H3. The van der Waals surface area contributed by atoms with Crippen LogP contribution >= 0.6 is 0 Å². The SMILES string of the molecule is CN(C)C(=O)c1ccc2c(c1)N(CC(=O)N1CCN(Cc3ccccc3)CC1)C(=O)CO2. The van der Waals surface area contributed by atoms with E-state index in [-0.39, 0.29) is 30.9 Å². The Morgan fingerprint density at radius 3 is 2.41 bits per heavy atom. The molecule has 4 rings (SSSR count). The number of benzene rings is 2. The van der Waals surface area contributed by atoms with Crippen LogP contribution in [-0.4, -0.2) is 85.8 Å². The van der Waals surface area contributed by atoms with E-state index in [9.17, 15) is 14.4 Å². The molecule has 3 amide bonds. The summed E-state index contributed by atoms with van der Waals surface area (Å²) in [5, 5.41) is 0. The number of fused-ring (bicyclic) bond motifs is 1. The van der Waals surface area contributed by atoms with E-state index in [2.05, 4.69) is 17.0 Å². The van der Waals surface area contributed by atoms with Gasteiger partial charge in [-0.2, -0.15) is 0 Å². The van der Waals surface area contributed by atoms with Crippen molar-refractivity contribution in [1.82, 2.24) is 14.7 Å². The van der Waals surface area contributed by atoms with Crippen molar-refractivity contribution >= 4 is 23.4 Å². The van der Waals surface area contributed by atoms with Gasteiger partial charge in [-0.1, -0.05) is 30.3 Å². The Morgan fingerprint density at radius 2 is 1.72 bits per heavy atom. The lowest BCUT2D eigenvalue weighted by atomic mass is 10.1. The molecule has 2 aliphatic rings. The molecule has 8 nitrogen and oxygen atoms in total. The van der Waals surface area contributed by atoms with Crippen molar-refractivity contribution in [3.05, 3.63) is 59.7 Å². The lowest BCUT2D eigenvalue weighted by molar-refractivity contribution is -0.133. The van der Waals surface area contributed by atoms with E-state index in [1.165, 1.54) is 15.4 Å². The van der Waals surface area contributed by atoms with Crippen LogP contribution in [0, 0.1) is 0 Å². The minimum absolute atomic E-state index is 0.0620. The maximum atomic E-state index is 13.0. The molecule has 2 aromatic rings. The van der Waals surface area contributed by atoms with Crippen molar-refractivity contribution in [3.8, 4) is 5.75 Å². The van der Waals surface area contributed by atoms with Gasteiger partial charge in [-0.3, -0.25) is 24.2 Å². The molecule has 0 saturated carbocycles. The molecular weight excluding hydrogens is 408 g/mol. The second-order valence-corrected chi connectivity index (χ2v) is 8.29. The topological polar surface area (TPSA) is 73.4 Å². The number of amides is 3. The van der Waals surface area contributed by atoms with Gasteiger partial charge in [0.05, 0.1) is 5.69 Å². The summed E-state index contributed by atoms with van der Waals surface area (Å²) in [6.45, 7) is 3.50. The van der Waals surface area contributed by atoms with Crippen LogP contribution in [0.2, 0.25) is 0 Å². The van der Waals surface area contributed by atoms with Gasteiger partial charge in [-0.15, -0.1) is 0 Å². The summed E-state index contributed by atoms with van der Waals surface area (Å²) in [6, 6.07) is 15.3. The second-order valence-electron chi connectivity index (χ2n) is 8.29. The van der Waals surface area contributed by atoms with Crippen LogP contribution < -0.4 is 9.64 Å². The van der Waals surface area contributed by atoms with Gasteiger partial charge in [0.2, 0.25) is 5.91 Å². The van der Waals surface area contributed by atoms with Crippen molar-refractivity contribution in [1.29, 1.82) is 0 Å². The highest BCUT2D eigenvalue weighted by atomic mass is 16.5. The monoisotopic (exact) mass is 436 g/mol. The molecule has 2 heterocycles. The molecule has 8 heteroatoms. The third-order valence-electron chi connectivity index (χ3n) is 5.82. The summed E-state index contributed by atoms with van der Waals surface area (Å²) < 4.78 is 5.51. The number of ether oxygens (including phenoxy) is 1. The van der Waals surface area contributed by atoms with Gasteiger partial charge < -0.3 is 14.5 Å². The van der Waals surface area contributed by atoms with Crippen molar-refractivity contribution in [2.45, 2.75) is 6.54 Å². The van der Waals surface area contributed by atoms with Crippen LogP contribution in [0.3, 0.4) is 0 Å². The van der Waals surface area contributed by atoms with Gasteiger partial charge in [-0.05, 0) is 23.8 Å². The largest absolute Gasteiger partial charge is 0.482 e. The first-order valence-corrected chi connectivity index (χ1v) is 10.8. The fourth-order valence-electron chi connectivity index (χ4n) is 4.00. The Hall–Kier alpha value is -3.39. The van der Waals surface area contributed by atoms with E-state index in [0.717, 1.165) is 19.6 Å².